The summed E-state index contributed by atoms with van der Waals surface area (Å²) < 4.78 is 38.6. The normalized spacial score (nSPS) is 19.9. The second-order valence-corrected chi connectivity index (χ2v) is 9.37. The number of rotatable bonds is 3. The van der Waals surface area contributed by atoms with Crippen LogP contribution in [0.25, 0.3) is 0 Å². The number of benzene rings is 1. The molecule has 0 aliphatic carbocycles. The molecule has 3 heterocycles. The van der Waals surface area contributed by atoms with E-state index in [-0.39, 0.29) is 30.1 Å². The average molecular weight is 420 g/mol. The zero-order chi connectivity index (χ0) is 20.8. The third-order valence-corrected chi connectivity index (χ3v) is 6.68. The number of hydrogen-bond donors (Lipinski definition) is 1. The maximum Gasteiger partial charge on any atom is 0.254 e. The highest BCUT2D eigenvalue weighted by Gasteiger charge is 2.34. The van der Waals surface area contributed by atoms with Gasteiger partial charge in [0.1, 0.15) is 11.6 Å². The first-order valence-electron chi connectivity index (χ1n) is 9.37. The number of nitrogens with zero attached hydrogens (tertiary/aromatic N) is 3. The Balaban J connectivity index is 1.67. The zero-order valence-corrected chi connectivity index (χ0v) is 16.7. The molecule has 1 atom stereocenters. The number of amides is 1. The first kappa shape index (κ1) is 19.7. The zero-order valence-electron chi connectivity index (χ0n) is 15.9. The van der Waals surface area contributed by atoms with Crippen molar-refractivity contribution in [2.24, 2.45) is 0 Å². The summed E-state index contributed by atoms with van der Waals surface area (Å²) in [5.74, 6) is -0.482. The minimum absolute atomic E-state index is 0.0374. The monoisotopic (exact) mass is 420 g/mol. The third-order valence-electron chi connectivity index (χ3n) is 5.43. The van der Waals surface area contributed by atoms with Gasteiger partial charge in [0.2, 0.25) is 10.0 Å². The van der Waals surface area contributed by atoms with Crippen LogP contribution < -0.4 is 5.56 Å². The molecule has 8 nitrogen and oxygen atoms in total. The van der Waals surface area contributed by atoms with Crippen molar-refractivity contribution in [2.45, 2.75) is 31.8 Å². The van der Waals surface area contributed by atoms with Crippen LogP contribution in [0.5, 0.6) is 0 Å². The van der Waals surface area contributed by atoms with E-state index in [0.717, 1.165) is 12.7 Å². The number of H-pyrrole nitrogens is 1. The summed E-state index contributed by atoms with van der Waals surface area (Å²) in [7, 11) is -3.40. The molecule has 1 fully saturated rings. The molecule has 1 unspecified atom stereocenters. The number of likely N-dealkylation sites (tertiary alicyclic amines) is 1. The van der Waals surface area contributed by atoms with Crippen LogP contribution >= 0.6 is 0 Å². The molecule has 1 saturated heterocycles. The van der Waals surface area contributed by atoms with Crippen LogP contribution in [-0.4, -0.2) is 52.8 Å². The molecule has 1 amide bonds. The van der Waals surface area contributed by atoms with Gasteiger partial charge in [-0.15, -0.1) is 0 Å². The molecule has 29 heavy (non-hydrogen) atoms. The van der Waals surface area contributed by atoms with Crippen molar-refractivity contribution in [1.82, 2.24) is 19.2 Å². The molecule has 0 bridgehead atoms. The maximum atomic E-state index is 13.5. The van der Waals surface area contributed by atoms with E-state index < -0.39 is 21.9 Å². The minimum atomic E-state index is -3.40. The Morgan fingerprint density at radius 1 is 1.31 bits per heavy atom. The number of fused-ring (bicyclic) bond motifs is 1. The Hall–Kier alpha value is -2.59. The second kappa shape index (κ2) is 7.34. The van der Waals surface area contributed by atoms with E-state index in [1.807, 2.05) is 0 Å². The molecular formula is C19H21FN4O4S. The Kier molecular flexibility index (Phi) is 4.99. The van der Waals surface area contributed by atoms with Crippen LogP contribution in [0.1, 0.15) is 46.3 Å². The number of aromatic nitrogens is 2. The van der Waals surface area contributed by atoms with Gasteiger partial charge < -0.3 is 9.88 Å². The molecule has 2 aliphatic heterocycles. The predicted molar refractivity (Wildman–Crippen MR) is 103 cm³/mol. The molecular weight excluding hydrogens is 399 g/mol. The summed E-state index contributed by atoms with van der Waals surface area (Å²) in [6.45, 7) is 0.746. The highest BCUT2D eigenvalue weighted by atomic mass is 32.2. The Morgan fingerprint density at radius 2 is 2.10 bits per heavy atom. The number of hydrogen-bond acceptors (Lipinski definition) is 5. The van der Waals surface area contributed by atoms with Crippen molar-refractivity contribution in [1.29, 1.82) is 0 Å². The van der Waals surface area contributed by atoms with Crippen LogP contribution in [0.3, 0.4) is 0 Å². The quantitative estimate of drug-likeness (QED) is 0.804. The smallest absolute Gasteiger partial charge is 0.254 e. The fourth-order valence-corrected chi connectivity index (χ4v) is 4.74. The van der Waals surface area contributed by atoms with Crippen molar-refractivity contribution >= 4 is 15.9 Å². The Labute approximate surface area is 167 Å². The molecule has 10 heteroatoms. The molecule has 0 radical (unpaired) electrons. The molecule has 2 aromatic rings. The summed E-state index contributed by atoms with van der Waals surface area (Å²) >= 11 is 0. The fraction of sp³-hybridized carbons (Fsp3) is 0.421. The largest absolute Gasteiger partial charge is 0.328 e. The van der Waals surface area contributed by atoms with Crippen LogP contribution in [0, 0.1) is 5.82 Å². The standard InChI is InChI=1S/C19H21FN4O4S/c1-29(27,28)23-9-7-14-15(11-23)21-17(22-18(14)25)16-6-3-8-24(16)19(26)12-4-2-5-13(20)10-12/h2,4-5,10,16H,3,6-9,11H2,1H3,(H,21,22,25). The van der Waals surface area contributed by atoms with Gasteiger partial charge in [0, 0.05) is 24.2 Å². The molecule has 2 aliphatic rings. The van der Waals surface area contributed by atoms with E-state index in [2.05, 4.69) is 9.97 Å². The van der Waals surface area contributed by atoms with Crippen LogP contribution in [0.15, 0.2) is 29.1 Å². The van der Waals surface area contributed by atoms with Crippen molar-refractivity contribution in [2.75, 3.05) is 19.3 Å². The minimum Gasteiger partial charge on any atom is -0.328 e. The number of nitrogens with one attached hydrogen (secondary N) is 1. The van der Waals surface area contributed by atoms with Crippen LogP contribution in [-0.2, 0) is 23.0 Å². The number of halogens is 1. The van der Waals surface area contributed by atoms with Gasteiger partial charge in [-0.3, -0.25) is 9.59 Å². The maximum absolute atomic E-state index is 13.5. The van der Waals surface area contributed by atoms with Crippen molar-refractivity contribution in [3.63, 3.8) is 0 Å². The molecule has 0 saturated carbocycles. The van der Waals surface area contributed by atoms with Gasteiger partial charge in [-0.1, -0.05) is 6.07 Å². The summed E-state index contributed by atoms with van der Waals surface area (Å²) in [4.78, 5) is 34.4. The average Bonchev–Trinajstić information content (AvgIpc) is 3.16. The highest BCUT2D eigenvalue weighted by Crippen LogP contribution is 2.31. The number of sulfonamides is 1. The SMILES string of the molecule is CS(=O)(=O)N1CCc2c(nc(C3CCCN3C(=O)c3cccc(F)c3)[nH]c2=O)C1. The van der Waals surface area contributed by atoms with E-state index in [1.54, 1.807) is 11.0 Å². The lowest BCUT2D eigenvalue weighted by molar-refractivity contribution is 0.0728. The number of carbonyl (C=O) groups excluding carboxylic acids is 1. The van der Waals surface area contributed by atoms with Crippen LogP contribution in [0.2, 0.25) is 0 Å². The third kappa shape index (κ3) is 3.82. The van der Waals surface area contributed by atoms with E-state index >= 15 is 0 Å². The Morgan fingerprint density at radius 3 is 2.83 bits per heavy atom. The van der Waals surface area contributed by atoms with Gasteiger partial charge in [0.05, 0.1) is 24.5 Å². The van der Waals surface area contributed by atoms with Gasteiger partial charge in [-0.2, -0.15) is 4.31 Å². The topological polar surface area (TPSA) is 103 Å². The first-order chi connectivity index (χ1) is 13.7. The lowest BCUT2D eigenvalue weighted by Gasteiger charge is -2.28. The van der Waals surface area contributed by atoms with E-state index in [4.69, 9.17) is 0 Å². The summed E-state index contributed by atoms with van der Waals surface area (Å²) in [5.41, 5.74) is 0.837. The predicted octanol–water partition coefficient (Wildman–Crippen LogP) is 1.20. The van der Waals surface area contributed by atoms with Gasteiger partial charge in [-0.05, 0) is 37.5 Å². The first-order valence-corrected chi connectivity index (χ1v) is 11.2. The van der Waals surface area contributed by atoms with Crippen LogP contribution in [0.4, 0.5) is 4.39 Å². The van der Waals surface area contributed by atoms with Gasteiger partial charge in [-0.25, -0.2) is 17.8 Å². The van der Waals surface area contributed by atoms with Crippen molar-refractivity contribution in [3.05, 3.63) is 63.1 Å². The highest BCUT2D eigenvalue weighted by molar-refractivity contribution is 7.88. The molecule has 4 rings (SSSR count). The molecule has 1 aromatic heterocycles. The molecule has 1 N–H and O–H groups in total. The summed E-state index contributed by atoms with van der Waals surface area (Å²) in [6.07, 6.45) is 2.75. The summed E-state index contributed by atoms with van der Waals surface area (Å²) in [5, 5.41) is 0. The van der Waals surface area contributed by atoms with Gasteiger partial charge in [0.25, 0.3) is 11.5 Å². The number of carbonyl (C=O) groups is 1. The van der Waals surface area contributed by atoms with E-state index in [9.17, 15) is 22.4 Å². The Bertz CT molecular complexity index is 1130. The molecule has 0 spiro atoms. The summed E-state index contributed by atoms with van der Waals surface area (Å²) in [6, 6.07) is 5.04. The van der Waals surface area contributed by atoms with Crippen molar-refractivity contribution < 1.29 is 17.6 Å². The lowest BCUT2D eigenvalue weighted by atomic mass is 10.1. The van der Waals surface area contributed by atoms with E-state index in [1.165, 1.54) is 22.5 Å². The molecule has 154 valence electrons. The van der Waals surface area contributed by atoms with E-state index in [0.29, 0.717) is 36.5 Å². The fourth-order valence-electron chi connectivity index (χ4n) is 3.96. The second-order valence-electron chi connectivity index (χ2n) is 7.39. The number of aromatic amines is 1. The van der Waals surface area contributed by atoms with Gasteiger partial charge in [0.15, 0.2) is 0 Å². The van der Waals surface area contributed by atoms with Gasteiger partial charge >= 0.3 is 0 Å². The molecule has 1 aromatic carbocycles. The van der Waals surface area contributed by atoms with Crippen molar-refractivity contribution in [3.8, 4) is 0 Å². The lowest BCUT2D eigenvalue weighted by Crippen LogP contribution is -2.40.